The summed E-state index contributed by atoms with van der Waals surface area (Å²) in [6.07, 6.45) is 1.41. The summed E-state index contributed by atoms with van der Waals surface area (Å²) in [6, 6.07) is 8.32. The van der Waals surface area contributed by atoms with Crippen molar-refractivity contribution in [3.63, 3.8) is 0 Å². The summed E-state index contributed by atoms with van der Waals surface area (Å²) in [5.74, 6) is 0. The Kier molecular flexibility index (Phi) is 5.51. The van der Waals surface area contributed by atoms with Gasteiger partial charge >= 0.3 is 0 Å². The number of hydrogen-bond acceptors (Lipinski definition) is 3. The van der Waals surface area contributed by atoms with Gasteiger partial charge in [0, 0.05) is 6.54 Å². The second-order valence-electron chi connectivity index (χ2n) is 3.86. The average molecular weight is 232 g/mol. The molecule has 1 aromatic rings. The molecule has 92 valence electrons. The van der Waals surface area contributed by atoms with Crippen molar-refractivity contribution in [3.05, 3.63) is 29.3 Å². The van der Waals surface area contributed by atoms with Crippen LogP contribution >= 0.6 is 0 Å². The third-order valence-corrected chi connectivity index (χ3v) is 2.76. The molecule has 0 spiro atoms. The highest BCUT2D eigenvalue weighted by Gasteiger charge is 2.10. The molecule has 0 saturated heterocycles. The van der Waals surface area contributed by atoms with E-state index in [1.165, 1.54) is 11.1 Å². The van der Waals surface area contributed by atoms with Crippen LogP contribution in [-0.2, 0) is 11.3 Å². The van der Waals surface area contributed by atoms with Crippen LogP contribution in [0.5, 0.6) is 0 Å². The molecule has 3 nitrogen and oxygen atoms in total. The fourth-order valence-electron chi connectivity index (χ4n) is 1.91. The van der Waals surface area contributed by atoms with Crippen molar-refractivity contribution in [2.24, 2.45) is 0 Å². The average Bonchev–Trinajstić information content (AvgIpc) is 2.34. The van der Waals surface area contributed by atoms with Crippen molar-refractivity contribution in [2.45, 2.75) is 33.6 Å². The summed E-state index contributed by atoms with van der Waals surface area (Å²) in [5.41, 5.74) is 3.71. The van der Waals surface area contributed by atoms with Gasteiger partial charge in [0.25, 0.3) is 0 Å². The molecule has 1 aromatic carbocycles. The van der Waals surface area contributed by atoms with E-state index in [9.17, 15) is 0 Å². The lowest BCUT2D eigenvalue weighted by Crippen LogP contribution is -2.25. The van der Waals surface area contributed by atoms with Gasteiger partial charge in [0.15, 0.2) is 0 Å². The van der Waals surface area contributed by atoms with E-state index in [2.05, 4.69) is 32.0 Å². The lowest BCUT2D eigenvalue weighted by Gasteiger charge is -2.25. The van der Waals surface area contributed by atoms with Crippen LogP contribution in [0, 0.1) is 18.3 Å². The molecule has 1 rings (SSSR count). The molecule has 17 heavy (non-hydrogen) atoms. The zero-order chi connectivity index (χ0) is 12.7. The Balaban J connectivity index is 2.88. The van der Waals surface area contributed by atoms with Crippen molar-refractivity contribution >= 4 is 5.69 Å². The maximum atomic E-state index is 8.52. The molecule has 0 N–H and O–H groups in total. The zero-order valence-corrected chi connectivity index (χ0v) is 10.9. The maximum Gasteiger partial charge on any atom is 0.0878 e. The minimum Gasteiger partial charge on any atom is -0.272 e. The van der Waals surface area contributed by atoms with Crippen molar-refractivity contribution < 1.29 is 4.84 Å². The largest absolute Gasteiger partial charge is 0.272 e. The van der Waals surface area contributed by atoms with Crippen LogP contribution in [-0.4, -0.2) is 13.2 Å². The molecular formula is C14H20N2O. The van der Waals surface area contributed by atoms with E-state index in [0.29, 0.717) is 13.0 Å². The van der Waals surface area contributed by atoms with Crippen molar-refractivity contribution in [3.8, 4) is 6.07 Å². The van der Waals surface area contributed by atoms with Crippen LogP contribution in [0.3, 0.4) is 0 Å². The smallest absolute Gasteiger partial charge is 0.0878 e. The lowest BCUT2D eigenvalue weighted by molar-refractivity contribution is 0.115. The third-order valence-electron chi connectivity index (χ3n) is 2.76. The molecule has 0 heterocycles. The minimum atomic E-state index is 0.420. The third kappa shape index (κ3) is 3.47. The van der Waals surface area contributed by atoms with Gasteiger partial charge in [0.05, 0.1) is 24.8 Å². The highest BCUT2D eigenvalue weighted by atomic mass is 16.7. The SMILES string of the molecule is CCc1c(C)cccc1N(CC)OCCC#N. The predicted molar refractivity (Wildman–Crippen MR) is 69.8 cm³/mol. The van der Waals surface area contributed by atoms with E-state index in [4.69, 9.17) is 10.1 Å². The van der Waals surface area contributed by atoms with Crippen molar-refractivity contribution in [2.75, 3.05) is 18.2 Å². The highest BCUT2D eigenvalue weighted by Crippen LogP contribution is 2.24. The Labute approximate surface area is 104 Å². The van der Waals surface area contributed by atoms with E-state index < -0.39 is 0 Å². The second-order valence-corrected chi connectivity index (χ2v) is 3.86. The van der Waals surface area contributed by atoms with Crippen LogP contribution in [0.4, 0.5) is 5.69 Å². The first kappa shape index (κ1) is 13.5. The van der Waals surface area contributed by atoms with Gasteiger partial charge in [-0.3, -0.25) is 9.90 Å². The van der Waals surface area contributed by atoms with Gasteiger partial charge in [-0.15, -0.1) is 0 Å². The summed E-state index contributed by atoms with van der Waals surface area (Å²) in [5, 5.41) is 10.4. The molecule has 0 aliphatic rings. The summed E-state index contributed by atoms with van der Waals surface area (Å²) in [4.78, 5) is 5.63. The Bertz CT molecular complexity index is 396. The fourth-order valence-corrected chi connectivity index (χ4v) is 1.91. The molecule has 0 bridgehead atoms. The maximum absolute atomic E-state index is 8.52. The lowest BCUT2D eigenvalue weighted by atomic mass is 10.0. The molecule has 0 aromatic heterocycles. The molecule has 0 fully saturated rings. The number of aryl methyl sites for hydroxylation is 1. The predicted octanol–water partition coefficient (Wildman–Crippen LogP) is 3.23. The molecule has 3 heteroatoms. The summed E-state index contributed by atoms with van der Waals surface area (Å²) in [7, 11) is 0. The van der Waals surface area contributed by atoms with Gasteiger partial charge in [-0.25, -0.2) is 0 Å². The van der Waals surface area contributed by atoms with Gasteiger partial charge < -0.3 is 0 Å². The van der Waals surface area contributed by atoms with Crippen LogP contribution in [0.2, 0.25) is 0 Å². The number of nitriles is 1. The molecular weight excluding hydrogens is 212 g/mol. The first-order chi connectivity index (χ1) is 8.24. The van der Waals surface area contributed by atoms with E-state index >= 15 is 0 Å². The molecule has 0 aliphatic heterocycles. The fraction of sp³-hybridized carbons (Fsp3) is 0.500. The summed E-state index contributed by atoms with van der Waals surface area (Å²) in [6.45, 7) is 7.54. The normalized spacial score (nSPS) is 10.0. The van der Waals surface area contributed by atoms with Gasteiger partial charge in [0.1, 0.15) is 0 Å². The number of rotatable bonds is 6. The Morgan fingerprint density at radius 2 is 2.12 bits per heavy atom. The second kappa shape index (κ2) is 6.93. The molecule has 0 atom stereocenters. The number of anilines is 1. The molecule has 0 radical (unpaired) electrons. The first-order valence-electron chi connectivity index (χ1n) is 6.10. The van der Waals surface area contributed by atoms with Gasteiger partial charge in [-0.2, -0.15) is 5.26 Å². The minimum absolute atomic E-state index is 0.420. The Morgan fingerprint density at radius 1 is 1.35 bits per heavy atom. The molecule has 0 aliphatic carbocycles. The van der Waals surface area contributed by atoms with E-state index in [1.807, 2.05) is 18.1 Å². The summed E-state index contributed by atoms with van der Waals surface area (Å²) >= 11 is 0. The highest BCUT2D eigenvalue weighted by molar-refractivity contribution is 5.55. The van der Waals surface area contributed by atoms with Crippen LogP contribution < -0.4 is 5.06 Å². The Morgan fingerprint density at radius 3 is 2.71 bits per heavy atom. The number of nitrogens with zero attached hydrogens (tertiary/aromatic N) is 2. The van der Waals surface area contributed by atoms with Crippen LogP contribution in [0.25, 0.3) is 0 Å². The molecule has 0 unspecified atom stereocenters. The Hall–Kier alpha value is -1.53. The monoisotopic (exact) mass is 232 g/mol. The van der Waals surface area contributed by atoms with Gasteiger partial charge in [0.2, 0.25) is 0 Å². The molecule has 0 amide bonds. The summed E-state index contributed by atoms with van der Waals surface area (Å²) < 4.78 is 0. The van der Waals surface area contributed by atoms with Crippen molar-refractivity contribution in [1.82, 2.24) is 0 Å². The number of hydroxylamine groups is 1. The van der Waals surface area contributed by atoms with Crippen LogP contribution in [0.1, 0.15) is 31.4 Å². The van der Waals surface area contributed by atoms with Gasteiger partial charge in [-0.1, -0.05) is 19.1 Å². The van der Waals surface area contributed by atoms with E-state index in [1.54, 1.807) is 0 Å². The first-order valence-corrected chi connectivity index (χ1v) is 6.10. The zero-order valence-electron chi connectivity index (χ0n) is 10.9. The van der Waals surface area contributed by atoms with Crippen molar-refractivity contribution in [1.29, 1.82) is 5.26 Å². The topological polar surface area (TPSA) is 36.3 Å². The number of hydrogen-bond donors (Lipinski definition) is 0. The van der Waals surface area contributed by atoms with Gasteiger partial charge in [-0.05, 0) is 37.5 Å². The van der Waals surface area contributed by atoms with E-state index in [0.717, 1.165) is 18.7 Å². The molecule has 0 saturated carbocycles. The van der Waals surface area contributed by atoms with E-state index in [-0.39, 0.29) is 0 Å². The standard InChI is InChI=1S/C14H20N2O/c1-4-13-12(3)8-6-9-14(13)16(5-2)17-11-7-10-15/h6,8-9H,4-5,7,11H2,1-3H3. The quantitative estimate of drug-likeness (QED) is 0.558. The number of benzene rings is 1. The van der Waals surface area contributed by atoms with Crippen LogP contribution in [0.15, 0.2) is 18.2 Å².